The molecule has 0 bridgehead atoms. The molecule has 2 aromatic rings. The van der Waals surface area contributed by atoms with Crippen LogP contribution in [0.5, 0.6) is 0 Å². The van der Waals surface area contributed by atoms with Crippen molar-refractivity contribution in [1.82, 2.24) is 19.4 Å². The molecular formula is C20H27N5O5S. The van der Waals surface area contributed by atoms with E-state index in [9.17, 15) is 14.4 Å². The van der Waals surface area contributed by atoms with E-state index in [0.29, 0.717) is 49.0 Å². The van der Waals surface area contributed by atoms with Gasteiger partial charge in [-0.25, -0.2) is 9.59 Å². The molecule has 0 spiro atoms. The first-order chi connectivity index (χ1) is 14.8. The highest BCUT2D eigenvalue weighted by atomic mass is 32.1. The summed E-state index contributed by atoms with van der Waals surface area (Å²) >= 11 is 1.41. The van der Waals surface area contributed by atoms with E-state index in [0.717, 1.165) is 23.3 Å². The molecule has 1 amide bonds. The Kier molecular flexibility index (Phi) is 5.89. The highest BCUT2D eigenvalue weighted by Gasteiger charge is 2.26. The molecule has 10 nitrogen and oxygen atoms in total. The number of nitrogens with zero attached hydrogens (tertiary/aromatic N) is 4. The fourth-order valence-corrected chi connectivity index (χ4v) is 5.53. The summed E-state index contributed by atoms with van der Waals surface area (Å²) in [5.41, 5.74) is 0.228. The number of fused-ring (bicyclic) bond motifs is 1. The van der Waals surface area contributed by atoms with Crippen molar-refractivity contribution in [2.45, 2.75) is 58.8 Å². The molecule has 1 atom stereocenters. The maximum absolute atomic E-state index is 13.3. The van der Waals surface area contributed by atoms with Crippen LogP contribution in [0.1, 0.15) is 43.2 Å². The molecule has 2 aliphatic rings. The number of carboxylic acid groups (broad SMARTS) is 1. The Balaban J connectivity index is 1.83. The highest BCUT2D eigenvalue weighted by Crippen LogP contribution is 2.30. The summed E-state index contributed by atoms with van der Waals surface area (Å²) < 4.78 is 8.75. The molecular weight excluding hydrogens is 422 g/mol. The molecule has 2 fully saturated rings. The number of guanidine groups is 1. The lowest BCUT2D eigenvalue weighted by Gasteiger charge is -2.17. The van der Waals surface area contributed by atoms with Gasteiger partial charge in [0.25, 0.3) is 5.56 Å². The molecule has 4 rings (SSSR count). The van der Waals surface area contributed by atoms with Gasteiger partial charge < -0.3 is 20.1 Å². The van der Waals surface area contributed by atoms with Gasteiger partial charge in [-0.15, -0.1) is 16.3 Å². The van der Waals surface area contributed by atoms with Crippen LogP contribution < -0.4 is 16.6 Å². The molecule has 31 heavy (non-hydrogen) atoms. The number of hydrogen-bond acceptors (Lipinski definition) is 5. The summed E-state index contributed by atoms with van der Waals surface area (Å²) in [6.07, 6.45) is 0.560. The van der Waals surface area contributed by atoms with E-state index < -0.39 is 6.09 Å². The zero-order chi connectivity index (χ0) is 22.3. The van der Waals surface area contributed by atoms with Gasteiger partial charge in [0.2, 0.25) is 5.96 Å². The second kappa shape index (κ2) is 8.46. The van der Waals surface area contributed by atoms with Crippen LogP contribution >= 0.6 is 11.3 Å². The number of hydrogen-bond donors (Lipinski definition) is 2. The fraction of sp³-hybridized carbons (Fsp3) is 0.600. The predicted molar refractivity (Wildman–Crippen MR) is 118 cm³/mol. The van der Waals surface area contributed by atoms with Crippen molar-refractivity contribution < 1.29 is 14.6 Å². The fourth-order valence-electron chi connectivity index (χ4n) is 4.22. The van der Waals surface area contributed by atoms with Gasteiger partial charge >= 0.3 is 11.8 Å². The van der Waals surface area contributed by atoms with E-state index in [1.165, 1.54) is 15.9 Å². The molecule has 4 heterocycles. The van der Waals surface area contributed by atoms with Gasteiger partial charge in [0.1, 0.15) is 4.83 Å². The first-order valence-corrected chi connectivity index (χ1v) is 11.3. The number of aromatic nitrogens is 2. The monoisotopic (exact) mass is 449 g/mol. The van der Waals surface area contributed by atoms with Crippen LogP contribution in [0, 0.1) is 6.92 Å². The number of thiophene rings is 1. The van der Waals surface area contributed by atoms with Crippen molar-refractivity contribution in [3.63, 3.8) is 0 Å². The molecule has 2 aliphatic heterocycles. The van der Waals surface area contributed by atoms with Crippen LogP contribution in [0.15, 0.2) is 14.6 Å². The van der Waals surface area contributed by atoms with E-state index in [-0.39, 0.29) is 23.4 Å². The summed E-state index contributed by atoms with van der Waals surface area (Å²) in [7, 11) is 0. The zero-order valence-corrected chi connectivity index (χ0v) is 18.7. The predicted octanol–water partition coefficient (Wildman–Crippen LogP) is 1.73. The van der Waals surface area contributed by atoms with Gasteiger partial charge in [0.05, 0.1) is 24.6 Å². The average molecular weight is 450 g/mol. The molecule has 0 radical (unpaired) electrons. The summed E-state index contributed by atoms with van der Waals surface area (Å²) in [6, 6.07) is -0.264. The van der Waals surface area contributed by atoms with Crippen LogP contribution in [0.25, 0.3) is 10.2 Å². The normalized spacial score (nSPS) is 20.3. The van der Waals surface area contributed by atoms with Gasteiger partial charge in [-0.2, -0.15) is 0 Å². The van der Waals surface area contributed by atoms with Crippen molar-refractivity contribution in [3.8, 4) is 0 Å². The molecule has 0 saturated carbocycles. The molecule has 2 N–H and O–H groups in total. The lowest BCUT2D eigenvalue weighted by molar-refractivity contribution is 0.0965. The maximum Gasteiger partial charge on any atom is 0.434 e. The SMILES string of the molecule is Cc1c(CN2CCN/C2=N\C(=O)O)sc2c1c(=O)n(C(C)C)c(=O)n2CC1CCCO1. The number of aryl methyl sites for hydroxylation is 1. The Labute approximate surface area is 182 Å². The van der Waals surface area contributed by atoms with Crippen LogP contribution in [0.2, 0.25) is 0 Å². The van der Waals surface area contributed by atoms with Gasteiger partial charge in [0, 0.05) is 30.6 Å². The highest BCUT2D eigenvalue weighted by molar-refractivity contribution is 7.18. The zero-order valence-electron chi connectivity index (χ0n) is 17.9. The molecule has 2 saturated heterocycles. The van der Waals surface area contributed by atoms with E-state index in [1.807, 2.05) is 25.7 Å². The van der Waals surface area contributed by atoms with Crippen LogP contribution in [-0.4, -0.2) is 57.0 Å². The van der Waals surface area contributed by atoms with Crippen molar-refractivity contribution in [2.24, 2.45) is 4.99 Å². The molecule has 1 unspecified atom stereocenters. The maximum atomic E-state index is 13.3. The molecule has 2 aromatic heterocycles. The second-order valence-corrected chi connectivity index (χ2v) is 9.28. The average Bonchev–Trinajstić information content (AvgIpc) is 3.41. The third kappa shape index (κ3) is 3.99. The van der Waals surface area contributed by atoms with Crippen molar-refractivity contribution in [1.29, 1.82) is 0 Å². The molecule has 168 valence electrons. The van der Waals surface area contributed by atoms with Crippen LogP contribution in [0.4, 0.5) is 4.79 Å². The van der Waals surface area contributed by atoms with Gasteiger partial charge in [-0.3, -0.25) is 13.9 Å². The van der Waals surface area contributed by atoms with Crippen LogP contribution in [0.3, 0.4) is 0 Å². The summed E-state index contributed by atoms with van der Waals surface area (Å²) in [5, 5.41) is 12.5. The number of amides is 1. The summed E-state index contributed by atoms with van der Waals surface area (Å²) in [6.45, 7) is 8.28. The van der Waals surface area contributed by atoms with E-state index >= 15 is 0 Å². The van der Waals surface area contributed by atoms with Crippen molar-refractivity contribution in [2.75, 3.05) is 19.7 Å². The Morgan fingerprint density at radius 3 is 2.81 bits per heavy atom. The topological polar surface area (TPSA) is 118 Å². The summed E-state index contributed by atoms with van der Waals surface area (Å²) in [4.78, 5) is 44.5. The Hall–Kier alpha value is -2.66. The first-order valence-electron chi connectivity index (χ1n) is 10.5. The second-order valence-electron chi connectivity index (χ2n) is 8.19. The number of rotatable bonds is 5. The quantitative estimate of drug-likeness (QED) is 0.714. The number of aliphatic imine (C=N–C) groups is 1. The smallest absolute Gasteiger partial charge is 0.434 e. The van der Waals surface area contributed by atoms with Gasteiger partial charge in [-0.1, -0.05) is 0 Å². The minimum absolute atomic E-state index is 0.0399. The van der Waals surface area contributed by atoms with Gasteiger partial charge in [-0.05, 0) is 39.2 Å². The van der Waals surface area contributed by atoms with E-state index in [2.05, 4.69) is 10.3 Å². The Morgan fingerprint density at radius 1 is 1.39 bits per heavy atom. The number of carbonyl (C=O) groups is 1. The minimum atomic E-state index is -1.26. The number of ether oxygens (including phenoxy) is 1. The summed E-state index contributed by atoms with van der Waals surface area (Å²) in [5.74, 6) is 0.306. The molecule has 0 aromatic carbocycles. The van der Waals surface area contributed by atoms with E-state index in [4.69, 9.17) is 9.84 Å². The van der Waals surface area contributed by atoms with Crippen molar-refractivity contribution in [3.05, 3.63) is 31.3 Å². The lowest BCUT2D eigenvalue weighted by Crippen LogP contribution is -2.42. The van der Waals surface area contributed by atoms with Gasteiger partial charge in [0.15, 0.2) is 0 Å². The van der Waals surface area contributed by atoms with E-state index in [1.54, 1.807) is 4.57 Å². The standard InChI is InChI=1S/C20H27N5O5S/c1-11(2)25-16(26)15-12(3)14(10-23-7-6-21-18(23)22-19(27)28)31-17(15)24(20(25)29)9-13-5-4-8-30-13/h11,13H,4-10H2,1-3H3,(H,21,22)(H,27,28). The Morgan fingerprint density at radius 2 is 2.16 bits per heavy atom. The third-order valence-electron chi connectivity index (χ3n) is 5.77. The lowest BCUT2D eigenvalue weighted by atomic mass is 10.2. The minimum Gasteiger partial charge on any atom is -0.463 e. The molecule has 0 aliphatic carbocycles. The van der Waals surface area contributed by atoms with Crippen molar-refractivity contribution >= 4 is 33.6 Å². The number of nitrogens with one attached hydrogen (secondary N) is 1. The first kappa shape index (κ1) is 21.6. The Bertz CT molecular complexity index is 1160. The third-order valence-corrected chi connectivity index (χ3v) is 7.07. The van der Waals surface area contributed by atoms with Crippen LogP contribution in [-0.2, 0) is 17.8 Å². The largest absolute Gasteiger partial charge is 0.463 e. The molecule has 11 heteroatoms.